The van der Waals surface area contributed by atoms with Crippen LogP contribution in [0.2, 0.25) is 0 Å². The fraction of sp³-hybridized carbons (Fsp3) is 0.929. The molecule has 2 fully saturated rings. The molecule has 2 unspecified atom stereocenters. The summed E-state index contributed by atoms with van der Waals surface area (Å²) in [6.45, 7) is 4.15. The summed E-state index contributed by atoms with van der Waals surface area (Å²) in [7, 11) is 1.93. The second kappa shape index (κ2) is 4.97. The molecular weight excluding hydrogens is 212 g/mol. The smallest absolute Gasteiger partial charge is 0.225 e. The monoisotopic (exact) mass is 238 g/mol. The normalized spacial score (nSPS) is 37.0. The molecule has 1 amide bonds. The Balaban J connectivity index is 2.02. The number of hydrogen-bond acceptors (Lipinski definition) is 2. The molecule has 3 heteroatoms. The fourth-order valence-electron chi connectivity index (χ4n) is 3.53. The van der Waals surface area contributed by atoms with Crippen molar-refractivity contribution in [3.8, 4) is 0 Å². The van der Waals surface area contributed by atoms with Crippen molar-refractivity contribution in [3.63, 3.8) is 0 Å². The first-order chi connectivity index (χ1) is 8.00. The van der Waals surface area contributed by atoms with Crippen LogP contribution in [0.25, 0.3) is 0 Å². The highest BCUT2D eigenvalue weighted by Crippen LogP contribution is 2.42. The van der Waals surface area contributed by atoms with E-state index in [1.807, 2.05) is 11.9 Å². The second-order valence-electron chi connectivity index (χ2n) is 6.24. The minimum atomic E-state index is 0.234. The quantitative estimate of drug-likeness (QED) is 0.800. The predicted molar refractivity (Wildman–Crippen MR) is 69.4 cm³/mol. The molecule has 0 aromatic carbocycles. The Morgan fingerprint density at radius 1 is 1.24 bits per heavy atom. The van der Waals surface area contributed by atoms with Crippen LogP contribution in [0.5, 0.6) is 0 Å². The Bertz CT molecular complexity index is 276. The second-order valence-corrected chi connectivity index (χ2v) is 6.24. The lowest BCUT2D eigenvalue weighted by molar-refractivity contribution is -0.138. The lowest BCUT2D eigenvalue weighted by Crippen LogP contribution is -2.50. The van der Waals surface area contributed by atoms with Gasteiger partial charge in [0.1, 0.15) is 0 Å². The van der Waals surface area contributed by atoms with Crippen LogP contribution < -0.4 is 5.73 Å². The van der Waals surface area contributed by atoms with Gasteiger partial charge in [-0.05, 0) is 51.4 Å². The number of carbonyl (C=O) groups excluding carboxylic acids is 1. The summed E-state index contributed by atoms with van der Waals surface area (Å²) in [4.78, 5) is 14.3. The maximum absolute atomic E-state index is 12.4. The van der Waals surface area contributed by atoms with Crippen molar-refractivity contribution in [1.82, 2.24) is 4.90 Å². The van der Waals surface area contributed by atoms with Crippen LogP contribution in [0.3, 0.4) is 0 Å². The summed E-state index contributed by atoms with van der Waals surface area (Å²) in [6.07, 6.45) is 5.81. The molecule has 0 radical (unpaired) electrons. The average molecular weight is 238 g/mol. The minimum absolute atomic E-state index is 0.234. The molecule has 0 saturated heterocycles. The van der Waals surface area contributed by atoms with Crippen molar-refractivity contribution in [3.05, 3.63) is 0 Å². The van der Waals surface area contributed by atoms with Gasteiger partial charge >= 0.3 is 0 Å². The third-order valence-corrected chi connectivity index (χ3v) is 4.88. The van der Waals surface area contributed by atoms with Gasteiger partial charge in [-0.2, -0.15) is 0 Å². The van der Waals surface area contributed by atoms with E-state index in [4.69, 9.17) is 5.73 Å². The number of carbonyl (C=O) groups is 1. The highest BCUT2D eigenvalue weighted by Gasteiger charge is 2.41. The first kappa shape index (κ1) is 12.9. The summed E-state index contributed by atoms with van der Waals surface area (Å²) < 4.78 is 0. The third kappa shape index (κ3) is 2.49. The minimum Gasteiger partial charge on any atom is -0.343 e. The van der Waals surface area contributed by atoms with Crippen molar-refractivity contribution < 1.29 is 4.79 Å². The lowest BCUT2D eigenvalue weighted by Gasteiger charge is -2.44. The van der Waals surface area contributed by atoms with Crippen LogP contribution in [0.4, 0.5) is 0 Å². The van der Waals surface area contributed by atoms with Crippen molar-refractivity contribution in [2.75, 3.05) is 7.05 Å². The predicted octanol–water partition coefficient (Wildman–Crippen LogP) is 2.01. The SMILES string of the molecule is CC(C)N(C)C(=O)C1CC2CCCC(C1)C2N. The summed E-state index contributed by atoms with van der Waals surface area (Å²) >= 11 is 0. The molecule has 0 aromatic rings. The van der Waals surface area contributed by atoms with Crippen molar-refractivity contribution in [2.45, 2.75) is 58.0 Å². The zero-order valence-corrected chi connectivity index (χ0v) is 11.4. The van der Waals surface area contributed by atoms with Gasteiger partial charge in [0.2, 0.25) is 5.91 Å². The average Bonchev–Trinajstić information content (AvgIpc) is 2.26. The number of nitrogens with two attached hydrogens (primary N) is 1. The molecule has 2 saturated carbocycles. The standard InChI is InChI=1S/C14H26N2O/c1-9(2)16(3)14(17)12-7-10-5-4-6-11(8-12)13(10)15/h9-13H,4-8,15H2,1-3H3. The van der Waals surface area contributed by atoms with Crippen molar-refractivity contribution >= 4 is 5.91 Å². The zero-order chi connectivity index (χ0) is 12.6. The Morgan fingerprint density at radius 2 is 1.76 bits per heavy atom. The molecule has 2 bridgehead atoms. The summed E-state index contributed by atoms with van der Waals surface area (Å²) in [6, 6.07) is 0.662. The van der Waals surface area contributed by atoms with E-state index in [0.717, 1.165) is 12.8 Å². The number of nitrogens with zero attached hydrogens (tertiary/aromatic N) is 1. The maximum Gasteiger partial charge on any atom is 0.225 e. The first-order valence-corrected chi connectivity index (χ1v) is 7.03. The lowest BCUT2D eigenvalue weighted by atomic mass is 9.65. The van der Waals surface area contributed by atoms with Crippen LogP contribution >= 0.6 is 0 Å². The van der Waals surface area contributed by atoms with Gasteiger partial charge in [0.05, 0.1) is 0 Å². The van der Waals surface area contributed by atoms with Crippen molar-refractivity contribution in [1.29, 1.82) is 0 Å². The Labute approximate surface area is 105 Å². The molecular formula is C14H26N2O. The number of amides is 1. The first-order valence-electron chi connectivity index (χ1n) is 7.03. The summed E-state index contributed by atoms with van der Waals surface area (Å²) in [5, 5.41) is 0. The Morgan fingerprint density at radius 3 is 2.24 bits per heavy atom. The molecule has 2 atom stereocenters. The molecule has 0 aliphatic heterocycles. The van der Waals surface area contributed by atoms with E-state index in [9.17, 15) is 4.79 Å². The van der Waals surface area contributed by atoms with E-state index in [1.165, 1.54) is 19.3 Å². The van der Waals surface area contributed by atoms with E-state index in [2.05, 4.69) is 13.8 Å². The molecule has 17 heavy (non-hydrogen) atoms. The molecule has 2 aliphatic rings. The van der Waals surface area contributed by atoms with Gasteiger partial charge in [-0.1, -0.05) is 6.42 Å². The third-order valence-electron chi connectivity index (χ3n) is 4.88. The van der Waals surface area contributed by atoms with Crippen LogP contribution in [-0.2, 0) is 4.79 Å². The van der Waals surface area contributed by atoms with E-state index in [0.29, 0.717) is 29.8 Å². The molecule has 2 N–H and O–H groups in total. The molecule has 98 valence electrons. The van der Waals surface area contributed by atoms with Gasteiger partial charge < -0.3 is 10.6 Å². The van der Waals surface area contributed by atoms with Crippen LogP contribution in [0.15, 0.2) is 0 Å². The van der Waals surface area contributed by atoms with Gasteiger partial charge in [-0.15, -0.1) is 0 Å². The molecule has 0 aromatic heterocycles. The Hall–Kier alpha value is -0.570. The van der Waals surface area contributed by atoms with E-state index in [-0.39, 0.29) is 5.92 Å². The van der Waals surface area contributed by atoms with Crippen LogP contribution in [-0.4, -0.2) is 29.9 Å². The molecule has 0 heterocycles. The maximum atomic E-state index is 12.4. The van der Waals surface area contributed by atoms with E-state index >= 15 is 0 Å². The van der Waals surface area contributed by atoms with E-state index < -0.39 is 0 Å². The Kier molecular flexibility index (Phi) is 3.76. The fourth-order valence-corrected chi connectivity index (χ4v) is 3.53. The topological polar surface area (TPSA) is 46.3 Å². The summed E-state index contributed by atoms with van der Waals surface area (Å²) in [5.74, 6) is 1.76. The van der Waals surface area contributed by atoms with Crippen LogP contribution in [0.1, 0.15) is 46.0 Å². The van der Waals surface area contributed by atoms with Crippen molar-refractivity contribution in [2.24, 2.45) is 23.5 Å². The van der Waals surface area contributed by atoms with Gasteiger partial charge in [0.25, 0.3) is 0 Å². The largest absolute Gasteiger partial charge is 0.343 e. The highest BCUT2D eigenvalue weighted by molar-refractivity contribution is 5.79. The molecule has 0 spiro atoms. The number of rotatable bonds is 2. The van der Waals surface area contributed by atoms with Gasteiger partial charge in [-0.25, -0.2) is 0 Å². The number of fused-ring (bicyclic) bond motifs is 2. The van der Waals surface area contributed by atoms with Crippen LogP contribution in [0, 0.1) is 17.8 Å². The number of hydrogen-bond donors (Lipinski definition) is 1. The molecule has 3 nitrogen and oxygen atoms in total. The van der Waals surface area contributed by atoms with Gasteiger partial charge in [-0.3, -0.25) is 4.79 Å². The van der Waals surface area contributed by atoms with Gasteiger partial charge in [0.15, 0.2) is 0 Å². The van der Waals surface area contributed by atoms with E-state index in [1.54, 1.807) is 0 Å². The summed E-state index contributed by atoms with van der Waals surface area (Å²) in [5.41, 5.74) is 6.26. The zero-order valence-electron chi connectivity index (χ0n) is 11.4. The molecule has 2 rings (SSSR count). The molecule has 2 aliphatic carbocycles. The highest BCUT2D eigenvalue weighted by atomic mass is 16.2. The van der Waals surface area contributed by atoms with Gasteiger partial charge in [0, 0.05) is 25.0 Å².